The van der Waals surface area contributed by atoms with Gasteiger partial charge in [-0.1, -0.05) is 36.4 Å². The number of halogens is 1. The summed E-state index contributed by atoms with van der Waals surface area (Å²) in [6, 6.07) is 20.5. The van der Waals surface area contributed by atoms with Crippen molar-refractivity contribution in [2.24, 2.45) is 0 Å². The summed E-state index contributed by atoms with van der Waals surface area (Å²) < 4.78 is 40.5. The number of rotatable bonds is 7. The maximum atomic E-state index is 13.1. The summed E-state index contributed by atoms with van der Waals surface area (Å²) in [4.78, 5) is 12.5. The predicted molar refractivity (Wildman–Crippen MR) is 111 cm³/mol. The molecule has 3 aromatic rings. The van der Waals surface area contributed by atoms with Crippen LogP contribution in [0.5, 0.6) is 0 Å². The maximum Gasteiger partial charge on any atom is 0.264 e. The number of hydrogen-bond acceptors (Lipinski definition) is 3. The third-order valence-electron chi connectivity index (χ3n) is 4.38. The number of nitrogens with zero attached hydrogens (tertiary/aromatic N) is 1. The van der Waals surface area contributed by atoms with Crippen LogP contribution >= 0.6 is 0 Å². The van der Waals surface area contributed by atoms with Crippen LogP contribution in [0.4, 0.5) is 10.1 Å². The second kappa shape index (κ2) is 8.87. The molecule has 3 aromatic carbocycles. The molecule has 0 aliphatic heterocycles. The van der Waals surface area contributed by atoms with Gasteiger partial charge in [0, 0.05) is 18.7 Å². The van der Waals surface area contributed by atoms with E-state index in [4.69, 9.17) is 0 Å². The molecule has 0 spiro atoms. The van der Waals surface area contributed by atoms with Gasteiger partial charge in [0.25, 0.3) is 15.9 Å². The molecule has 29 heavy (non-hydrogen) atoms. The van der Waals surface area contributed by atoms with Crippen LogP contribution < -0.4 is 9.62 Å². The van der Waals surface area contributed by atoms with Gasteiger partial charge < -0.3 is 5.32 Å². The van der Waals surface area contributed by atoms with Crippen LogP contribution in [0.1, 0.15) is 22.8 Å². The second-order valence-electron chi connectivity index (χ2n) is 6.34. The molecule has 0 aliphatic rings. The minimum absolute atomic E-state index is 0.0395. The third kappa shape index (κ3) is 4.81. The van der Waals surface area contributed by atoms with Crippen molar-refractivity contribution in [1.82, 2.24) is 5.32 Å². The number of para-hydroxylation sites is 1. The summed E-state index contributed by atoms with van der Waals surface area (Å²) in [7, 11) is -3.82. The highest BCUT2D eigenvalue weighted by Gasteiger charge is 2.24. The van der Waals surface area contributed by atoms with Crippen LogP contribution in [-0.2, 0) is 16.6 Å². The largest absolute Gasteiger partial charge is 0.348 e. The number of benzene rings is 3. The van der Waals surface area contributed by atoms with Gasteiger partial charge in [-0.3, -0.25) is 9.10 Å². The minimum atomic E-state index is -3.82. The average Bonchev–Trinajstić information content (AvgIpc) is 2.74. The standard InChI is InChI=1S/C22H21FN2O3S/c1-2-25(20-8-4-3-5-9-20)29(27,28)21-10-6-7-18(15-21)22(26)24-16-17-11-13-19(23)14-12-17/h3-15H,2,16H2,1H3,(H,24,26). The summed E-state index contributed by atoms with van der Waals surface area (Å²) in [6.45, 7) is 2.22. The van der Waals surface area contributed by atoms with E-state index in [2.05, 4.69) is 5.32 Å². The van der Waals surface area contributed by atoms with Crippen molar-refractivity contribution in [1.29, 1.82) is 0 Å². The fourth-order valence-electron chi connectivity index (χ4n) is 2.90. The monoisotopic (exact) mass is 412 g/mol. The van der Waals surface area contributed by atoms with E-state index in [-0.39, 0.29) is 29.4 Å². The van der Waals surface area contributed by atoms with Gasteiger partial charge in [-0.05, 0) is 55.0 Å². The Kier molecular flexibility index (Phi) is 6.29. The zero-order valence-corrected chi connectivity index (χ0v) is 16.7. The van der Waals surface area contributed by atoms with E-state index >= 15 is 0 Å². The van der Waals surface area contributed by atoms with E-state index < -0.39 is 15.9 Å². The van der Waals surface area contributed by atoms with Gasteiger partial charge in [-0.2, -0.15) is 0 Å². The fraction of sp³-hybridized carbons (Fsp3) is 0.136. The van der Waals surface area contributed by atoms with Gasteiger partial charge in [-0.25, -0.2) is 12.8 Å². The summed E-state index contributed by atoms with van der Waals surface area (Å²) in [5.41, 5.74) is 1.53. The number of nitrogens with one attached hydrogen (secondary N) is 1. The van der Waals surface area contributed by atoms with Crippen LogP contribution in [0.25, 0.3) is 0 Å². The zero-order chi connectivity index (χ0) is 20.9. The van der Waals surface area contributed by atoms with Crippen LogP contribution in [0.15, 0.2) is 83.8 Å². The smallest absolute Gasteiger partial charge is 0.264 e. The maximum absolute atomic E-state index is 13.1. The Morgan fingerprint density at radius 1 is 0.966 bits per heavy atom. The molecule has 0 atom stereocenters. The molecule has 0 saturated carbocycles. The van der Waals surface area contributed by atoms with Crippen LogP contribution in [0.3, 0.4) is 0 Å². The van der Waals surface area contributed by atoms with Gasteiger partial charge in [0.05, 0.1) is 10.6 Å². The van der Waals surface area contributed by atoms with E-state index in [1.807, 2.05) is 6.07 Å². The molecule has 0 aliphatic carbocycles. The number of carbonyl (C=O) groups is 1. The normalized spacial score (nSPS) is 11.1. The van der Waals surface area contributed by atoms with E-state index in [1.54, 1.807) is 55.5 Å². The van der Waals surface area contributed by atoms with Gasteiger partial charge in [0.1, 0.15) is 5.82 Å². The van der Waals surface area contributed by atoms with Gasteiger partial charge in [0.2, 0.25) is 0 Å². The van der Waals surface area contributed by atoms with Crippen molar-refractivity contribution in [3.05, 3.63) is 95.8 Å². The number of anilines is 1. The van der Waals surface area contributed by atoms with Gasteiger partial charge in [0.15, 0.2) is 0 Å². The first-order valence-corrected chi connectivity index (χ1v) is 10.6. The number of carbonyl (C=O) groups excluding carboxylic acids is 1. The SMILES string of the molecule is CCN(c1ccccc1)S(=O)(=O)c1cccc(C(=O)NCc2ccc(F)cc2)c1. The Morgan fingerprint density at radius 3 is 2.31 bits per heavy atom. The Balaban J connectivity index is 1.80. The molecule has 0 bridgehead atoms. The molecule has 1 N–H and O–H groups in total. The van der Waals surface area contributed by atoms with Crippen LogP contribution in [0, 0.1) is 5.82 Å². The molecule has 0 heterocycles. The molecule has 5 nitrogen and oxygen atoms in total. The Hall–Kier alpha value is -3.19. The van der Waals surface area contributed by atoms with E-state index in [9.17, 15) is 17.6 Å². The first-order valence-electron chi connectivity index (χ1n) is 9.12. The first-order chi connectivity index (χ1) is 13.9. The predicted octanol–water partition coefficient (Wildman–Crippen LogP) is 3.97. The van der Waals surface area contributed by atoms with Crippen LogP contribution in [-0.4, -0.2) is 20.9 Å². The van der Waals surface area contributed by atoms with E-state index in [1.165, 1.54) is 28.6 Å². The first kappa shape index (κ1) is 20.5. The molecular weight excluding hydrogens is 391 g/mol. The highest BCUT2D eigenvalue weighted by atomic mass is 32.2. The second-order valence-corrected chi connectivity index (χ2v) is 8.20. The Bertz CT molecular complexity index is 1080. The lowest BCUT2D eigenvalue weighted by molar-refractivity contribution is 0.0950. The van der Waals surface area contributed by atoms with E-state index in [0.717, 1.165) is 5.56 Å². The Morgan fingerprint density at radius 2 is 1.66 bits per heavy atom. The molecule has 3 rings (SSSR count). The zero-order valence-electron chi connectivity index (χ0n) is 15.9. The van der Waals surface area contributed by atoms with Crippen molar-refractivity contribution >= 4 is 21.6 Å². The van der Waals surface area contributed by atoms with Crippen molar-refractivity contribution < 1.29 is 17.6 Å². The Labute approximate surface area is 169 Å². The molecule has 0 radical (unpaired) electrons. The van der Waals surface area contributed by atoms with Crippen molar-refractivity contribution in [3.8, 4) is 0 Å². The fourth-order valence-corrected chi connectivity index (χ4v) is 4.42. The molecule has 1 amide bonds. The lowest BCUT2D eigenvalue weighted by Crippen LogP contribution is -2.31. The lowest BCUT2D eigenvalue weighted by atomic mass is 10.2. The molecule has 7 heteroatoms. The molecular formula is C22H21FN2O3S. The summed E-state index contributed by atoms with van der Waals surface area (Å²) >= 11 is 0. The van der Waals surface area contributed by atoms with Crippen molar-refractivity contribution in [2.45, 2.75) is 18.4 Å². The van der Waals surface area contributed by atoms with Crippen LogP contribution in [0.2, 0.25) is 0 Å². The van der Waals surface area contributed by atoms with Gasteiger partial charge in [-0.15, -0.1) is 0 Å². The average molecular weight is 412 g/mol. The highest BCUT2D eigenvalue weighted by Crippen LogP contribution is 2.23. The molecule has 150 valence electrons. The highest BCUT2D eigenvalue weighted by molar-refractivity contribution is 7.92. The molecule has 0 aromatic heterocycles. The number of sulfonamides is 1. The third-order valence-corrected chi connectivity index (χ3v) is 6.28. The summed E-state index contributed by atoms with van der Waals surface area (Å²) in [5.74, 6) is -0.758. The summed E-state index contributed by atoms with van der Waals surface area (Å²) in [6.07, 6.45) is 0. The van der Waals surface area contributed by atoms with Gasteiger partial charge >= 0.3 is 0 Å². The lowest BCUT2D eigenvalue weighted by Gasteiger charge is -2.23. The number of amides is 1. The summed E-state index contributed by atoms with van der Waals surface area (Å²) in [5, 5.41) is 2.72. The molecule has 0 fully saturated rings. The van der Waals surface area contributed by atoms with Crippen molar-refractivity contribution in [2.75, 3.05) is 10.8 Å². The molecule has 0 unspecified atom stereocenters. The minimum Gasteiger partial charge on any atom is -0.348 e. The van der Waals surface area contributed by atoms with Crippen molar-refractivity contribution in [3.63, 3.8) is 0 Å². The number of hydrogen-bond donors (Lipinski definition) is 1. The quantitative estimate of drug-likeness (QED) is 0.639. The topological polar surface area (TPSA) is 66.5 Å². The molecule has 0 saturated heterocycles. The van der Waals surface area contributed by atoms with E-state index in [0.29, 0.717) is 5.69 Å².